The van der Waals surface area contributed by atoms with Gasteiger partial charge in [-0.2, -0.15) is 0 Å². The molecule has 0 aromatic heterocycles. The van der Waals surface area contributed by atoms with E-state index in [1.165, 1.54) is 37.5 Å². The number of methoxy groups -OCH3 is 1. The van der Waals surface area contributed by atoms with Crippen molar-refractivity contribution >= 4 is 63.7 Å². The summed E-state index contributed by atoms with van der Waals surface area (Å²) in [6.07, 6.45) is 1.49. The van der Waals surface area contributed by atoms with E-state index in [2.05, 4.69) is 0 Å². The van der Waals surface area contributed by atoms with Crippen LogP contribution < -0.4 is 9.47 Å². The molecule has 2 amide bonds. The van der Waals surface area contributed by atoms with Crippen molar-refractivity contribution in [3.05, 3.63) is 102 Å². The number of rotatable bonds is 9. The third-order valence-corrected chi connectivity index (χ3v) is 6.97. The molecule has 0 spiro atoms. The Morgan fingerprint density at radius 2 is 1.84 bits per heavy atom. The molecule has 4 rings (SSSR count). The van der Waals surface area contributed by atoms with Gasteiger partial charge in [-0.15, -0.1) is 0 Å². The number of nitrogens with zero attached hydrogens (tertiary/aromatic N) is 2. The number of hydrogen-bond acceptors (Lipinski definition) is 8. The minimum absolute atomic E-state index is 0.0857. The molecule has 1 aliphatic heterocycles. The second-order valence-corrected chi connectivity index (χ2v) is 9.73. The molecule has 1 heterocycles. The minimum atomic E-state index is -0.648. The highest BCUT2D eigenvalue weighted by molar-refractivity contribution is 8.18. The van der Waals surface area contributed by atoms with Crippen molar-refractivity contribution in [3.8, 4) is 11.5 Å². The fraction of sp³-hybridized carbons (Fsp3) is 0.115. The number of para-hydroxylation sites is 1. The maximum atomic E-state index is 13.0. The van der Waals surface area contributed by atoms with Gasteiger partial charge in [-0.25, -0.2) is 0 Å². The lowest BCUT2D eigenvalue weighted by atomic mass is 10.1. The third kappa shape index (κ3) is 5.99. The lowest BCUT2D eigenvalue weighted by Crippen LogP contribution is -2.33. The van der Waals surface area contributed by atoms with Crippen LogP contribution in [0.15, 0.2) is 65.6 Å². The van der Waals surface area contributed by atoms with E-state index in [4.69, 9.17) is 32.7 Å². The molecule has 0 N–H and O–H groups in total. The van der Waals surface area contributed by atoms with Crippen LogP contribution in [-0.4, -0.2) is 40.4 Å². The Bertz CT molecular complexity index is 1470. The van der Waals surface area contributed by atoms with Gasteiger partial charge in [0.1, 0.15) is 6.61 Å². The normalized spacial score (nSPS) is 14.2. The predicted molar refractivity (Wildman–Crippen MR) is 144 cm³/mol. The maximum Gasteiger partial charge on any atom is 0.293 e. The molecule has 0 bridgehead atoms. The fourth-order valence-electron chi connectivity index (χ4n) is 3.53. The molecule has 1 fully saturated rings. The van der Waals surface area contributed by atoms with Crippen LogP contribution in [0, 0.1) is 10.1 Å². The summed E-state index contributed by atoms with van der Waals surface area (Å²) in [4.78, 5) is 49.4. The number of ketones is 1. The molecule has 0 aliphatic carbocycles. The standard InChI is InChI=1S/C26H18Cl2N2O7S/c1-36-22-4-2-3-16(24(22)37-14-17-5-8-18(27)12-20(17)28)11-23-25(32)29(26(33)38-23)13-21(31)15-6-9-19(10-7-15)30(34)35/h2-12H,13-14H2,1H3/b23-11+. The molecule has 194 valence electrons. The van der Waals surface area contributed by atoms with Crippen molar-refractivity contribution in [1.29, 1.82) is 0 Å². The zero-order valence-corrected chi connectivity index (χ0v) is 22.0. The van der Waals surface area contributed by atoms with Gasteiger partial charge in [0.2, 0.25) is 0 Å². The van der Waals surface area contributed by atoms with Crippen LogP contribution in [0.2, 0.25) is 10.0 Å². The lowest BCUT2D eigenvalue weighted by Gasteiger charge is -2.14. The van der Waals surface area contributed by atoms with Crippen molar-refractivity contribution in [2.75, 3.05) is 13.7 Å². The van der Waals surface area contributed by atoms with Gasteiger partial charge in [0, 0.05) is 38.9 Å². The van der Waals surface area contributed by atoms with Gasteiger partial charge in [0.15, 0.2) is 17.3 Å². The number of nitro benzene ring substituents is 1. The molecule has 0 atom stereocenters. The van der Waals surface area contributed by atoms with Crippen LogP contribution in [0.4, 0.5) is 10.5 Å². The van der Waals surface area contributed by atoms with Crippen LogP contribution in [0.1, 0.15) is 21.5 Å². The van der Waals surface area contributed by atoms with E-state index >= 15 is 0 Å². The van der Waals surface area contributed by atoms with Crippen molar-refractivity contribution in [2.45, 2.75) is 6.61 Å². The SMILES string of the molecule is COc1cccc(/C=C2/SC(=O)N(CC(=O)c3ccc([N+](=O)[O-])cc3)C2=O)c1OCc1ccc(Cl)cc1Cl. The summed E-state index contributed by atoms with van der Waals surface area (Å²) < 4.78 is 11.4. The summed E-state index contributed by atoms with van der Waals surface area (Å²) in [5.41, 5.74) is 1.12. The van der Waals surface area contributed by atoms with Gasteiger partial charge in [0.25, 0.3) is 16.8 Å². The Labute approximate surface area is 231 Å². The highest BCUT2D eigenvalue weighted by Gasteiger charge is 2.36. The van der Waals surface area contributed by atoms with Crippen LogP contribution in [0.5, 0.6) is 11.5 Å². The van der Waals surface area contributed by atoms with Gasteiger partial charge in [0.05, 0.1) is 23.5 Å². The average Bonchev–Trinajstić information content (AvgIpc) is 3.15. The monoisotopic (exact) mass is 572 g/mol. The van der Waals surface area contributed by atoms with Gasteiger partial charge in [-0.1, -0.05) is 41.4 Å². The molecule has 1 aliphatic rings. The smallest absolute Gasteiger partial charge is 0.293 e. The van der Waals surface area contributed by atoms with E-state index in [1.54, 1.807) is 36.4 Å². The van der Waals surface area contributed by atoms with Gasteiger partial charge < -0.3 is 9.47 Å². The largest absolute Gasteiger partial charge is 0.493 e. The first-order chi connectivity index (χ1) is 18.2. The molecule has 9 nitrogen and oxygen atoms in total. The van der Waals surface area contributed by atoms with Crippen LogP contribution in [0.25, 0.3) is 6.08 Å². The number of benzene rings is 3. The van der Waals surface area contributed by atoms with Crippen molar-refractivity contribution in [1.82, 2.24) is 4.90 Å². The summed E-state index contributed by atoms with van der Waals surface area (Å²) in [7, 11) is 1.47. The molecular weight excluding hydrogens is 555 g/mol. The number of hydrogen-bond donors (Lipinski definition) is 0. The van der Waals surface area contributed by atoms with Gasteiger partial charge in [-0.05, 0) is 48.2 Å². The number of thioether (sulfide) groups is 1. The van der Waals surface area contributed by atoms with E-state index in [1.807, 2.05) is 0 Å². The summed E-state index contributed by atoms with van der Waals surface area (Å²) in [5, 5.41) is 11.1. The Hall–Kier alpha value is -3.86. The summed E-state index contributed by atoms with van der Waals surface area (Å²) in [5.74, 6) is -0.454. The number of non-ortho nitro benzene ring substituents is 1. The molecule has 3 aromatic carbocycles. The molecule has 12 heteroatoms. The summed E-state index contributed by atoms with van der Waals surface area (Å²) in [6.45, 7) is -0.418. The van der Waals surface area contributed by atoms with Crippen molar-refractivity contribution in [3.63, 3.8) is 0 Å². The first-order valence-corrected chi connectivity index (χ1v) is 12.5. The second-order valence-electron chi connectivity index (χ2n) is 7.90. The number of carbonyl (C=O) groups excluding carboxylic acids is 3. The van der Waals surface area contributed by atoms with Crippen LogP contribution in [-0.2, 0) is 11.4 Å². The van der Waals surface area contributed by atoms with Crippen LogP contribution >= 0.6 is 35.0 Å². The Balaban J connectivity index is 1.54. The van der Waals surface area contributed by atoms with E-state index in [9.17, 15) is 24.5 Å². The highest BCUT2D eigenvalue weighted by Crippen LogP contribution is 2.38. The molecule has 1 saturated heterocycles. The molecule has 38 heavy (non-hydrogen) atoms. The first-order valence-electron chi connectivity index (χ1n) is 10.9. The first kappa shape index (κ1) is 27.2. The maximum absolute atomic E-state index is 13.0. The van der Waals surface area contributed by atoms with E-state index in [0.717, 1.165) is 4.90 Å². The van der Waals surface area contributed by atoms with Crippen molar-refractivity contribution < 1.29 is 28.8 Å². The number of carbonyl (C=O) groups is 3. The van der Waals surface area contributed by atoms with Crippen molar-refractivity contribution in [2.24, 2.45) is 0 Å². The molecule has 0 radical (unpaired) electrons. The van der Waals surface area contributed by atoms with Gasteiger partial charge >= 0.3 is 0 Å². The molecular formula is C26H18Cl2N2O7S. The Kier molecular flexibility index (Phi) is 8.35. The zero-order valence-electron chi connectivity index (χ0n) is 19.7. The fourth-order valence-corrected chi connectivity index (χ4v) is 4.82. The highest BCUT2D eigenvalue weighted by atomic mass is 35.5. The Morgan fingerprint density at radius 1 is 1.11 bits per heavy atom. The van der Waals surface area contributed by atoms with E-state index in [0.29, 0.717) is 44.4 Å². The van der Waals surface area contributed by atoms with Gasteiger partial charge in [-0.3, -0.25) is 29.4 Å². The summed E-state index contributed by atoms with van der Waals surface area (Å²) in [6, 6.07) is 15.0. The third-order valence-electron chi connectivity index (χ3n) is 5.48. The topological polar surface area (TPSA) is 116 Å². The number of Topliss-reactive ketones (excluding diaryl/α,β-unsaturated/α-hetero) is 1. The number of ether oxygens (including phenoxy) is 2. The lowest BCUT2D eigenvalue weighted by molar-refractivity contribution is -0.384. The average molecular weight is 573 g/mol. The van der Waals surface area contributed by atoms with E-state index in [-0.39, 0.29) is 22.8 Å². The molecule has 3 aromatic rings. The van der Waals surface area contributed by atoms with Crippen LogP contribution in [0.3, 0.4) is 0 Å². The number of nitro groups is 1. The van der Waals surface area contributed by atoms with E-state index < -0.39 is 28.4 Å². The summed E-state index contributed by atoms with van der Waals surface area (Å²) >= 11 is 12.9. The molecule has 0 unspecified atom stereocenters. The molecule has 0 saturated carbocycles. The quantitative estimate of drug-likeness (QED) is 0.125. The number of halogens is 2. The second kappa shape index (κ2) is 11.7. The minimum Gasteiger partial charge on any atom is -0.493 e. The number of amides is 2. The zero-order chi connectivity index (χ0) is 27.4. The number of imide groups is 1. The Morgan fingerprint density at radius 3 is 2.50 bits per heavy atom. The predicted octanol–water partition coefficient (Wildman–Crippen LogP) is 6.41.